The topological polar surface area (TPSA) is 42.9 Å². The molecule has 0 bridgehead atoms. The van der Waals surface area contributed by atoms with Crippen LogP contribution in [0.5, 0.6) is 0 Å². The van der Waals surface area contributed by atoms with E-state index in [0.717, 1.165) is 32.3 Å². The zero-order chi connectivity index (χ0) is 24.5. The summed E-state index contributed by atoms with van der Waals surface area (Å²) in [5.41, 5.74) is 3.78. The van der Waals surface area contributed by atoms with Gasteiger partial charge in [0.2, 0.25) is 0 Å². The molecule has 0 radical (unpaired) electrons. The molecule has 2 heterocycles. The van der Waals surface area contributed by atoms with Crippen molar-refractivity contribution in [2.24, 2.45) is 0 Å². The molecule has 0 atom stereocenters. The van der Waals surface area contributed by atoms with Gasteiger partial charge in [-0.1, -0.05) is 87.8 Å². The van der Waals surface area contributed by atoms with Crippen LogP contribution in [0.2, 0.25) is 39.3 Å². The normalized spacial score (nSPS) is 12.2. The number of benzene rings is 2. The lowest BCUT2D eigenvalue weighted by Gasteiger charge is -2.22. The van der Waals surface area contributed by atoms with E-state index < -0.39 is 26.9 Å². The quantitative estimate of drug-likeness (QED) is 0.302. The van der Waals surface area contributed by atoms with Gasteiger partial charge in [-0.2, -0.15) is 0 Å². The first-order valence-electron chi connectivity index (χ1n) is 11.6. The van der Waals surface area contributed by atoms with Crippen LogP contribution >= 0.6 is 0 Å². The van der Waals surface area contributed by atoms with Crippen LogP contribution in [0.4, 0.5) is 0 Å². The highest BCUT2D eigenvalue weighted by molar-refractivity contribution is 7.85. The van der Waals surface area contributed by atoms with Gasteiger partial charge in [0.05, 0.1) is 48.1 Å². The standard InChI is InChI=1S/C28H32N2OSSi2/c1-33(2,3)25-17-11-19-29-27(25)21-13-7-9-15-23(21)32(31)24-16-10-8-14-22(24)28-26(34(4,5)6)18-12-20-30-28/h7-20H,1-6H3. The van der Waals surface area contributed by atoms with Crippen molar-refractivity contribution in [3.8, 4) is 22.5 Å². The van der Waals surface area contributed by atoms with Gasteiger partial charge < -0.3 is 0 Å². The van der Waals surface area contributed by atoms with Crippen molar-refractivity contribution in [2.45, 2.75) is 49.1 Å². The van der Waals surface area contributed by atoms with Crippen LogP contribution in [-0.2, 0) is 10.8 Å². The summed E-state index contributed by atoms with van der Waals surface area (Å²) in [6, 6.07) is 24.4. The molecule has 0 N–H and O–H groups in total. The summed E-state index contributed by atoms with van der Waals surface area (Å²) in [6.07, 6.45) is 3.67. The molecular weight excluding hydrogens is 469 g/mol. The average molecular weight is 501 g/mol. The monoisotopic (exact) mass is 500 g/mol. The smallest absolute Gasteiger partial charge is 0.0863 e. The summed E-state index contributed by atoms with van der Waals surface area (Å²) in [5.74, 6) is 0. The molecule has 174 valence electrons. The predicted octanol–water partition coefficient (Wildman–Crippen LogP) is 6.07. The molecule has 0 spiro atoms. The zero-order valence-electron chi connectivity index (χ0n) is 20.8. The minimum Gasteiger partial charge on any atom is -0.256 e. The van der Waals surface area contributed by atoms with Gasteiger partial charge in [-0.3, -0.25) is 9.97 Å². The fourth-order valence-electron chi connectivity index (χ4n) is 4.22. The largest absolute Gasteiger partial charge is 0.256 e. The minimum atomic E-state index is -1.66. The Morgan fingerprint density at radius 1 is 0.559 bits per heavy atom. The van der Waals surface area contributed by atoms with Crippen molar-refractivity contribution in [1.29, 1.82) is 0 Å². The number of hydrogen-bond acceptors (Lipinski definition) is 3. The number of nitrogens with zero attached hydrogens (tertiary/aromatic N) is 2. The molecule has 3 nitrogen and oxygen atoms in total. The summed E-state index contributed by atoms with van der Waals surface area (Å²) in [4.78, 5) is 11.1. The van der Waals surface area contributed by atoms with Crippen molar-refractivity contribution >= 4 is 37.3 Å². The van der Waals surface area contributed by atoms with Crippen LogP contribution < -0.4 is 10.4 Å². The maximum atomic E-state index is 14.2. The molecule has 0 saturated carbocycles. The van der Waals surface area contributed by atoms with Crippen LogP contribution in [0.3, 0.4) is 0 Å². The number of rotatable bonds is 6. The van der Waals surface area contributed by atoms with Crippen LogP contribution in [-0.4, -0.2) is 30.3 Å². The Kier molecular flexibility index (Phi) is 6.85. The third-order valence-electron chi connectivity index (χ3n) is 5.92. The summed E-state index contributed by atoms with van der Waals surface area (Å²) in [7, 11) is -4.70. The van der Waals surface area contributed by atoms with E-state index in [2.05, 4.69) is 63.5 Å². The minimum absolute atomic E-state index is 0.790. The van der Waals surface area contributed by atoms with Gasteiger partial charge in [0.25, 0.3) is 0 Å². The molecule has 2 aromatic heterocycles. The fraction of sp³-hybridized carbons (Fsp3) is 0.214. The molecule has 0 aliphatic rings. The average Bonchev–Trinajstić information content (AvgIpc) is 2.82. The highest BCUT2D eigenvalue weighted by Gasteiger charge is 2.27. The fourth-order valence-corrected chi connectivity index (χ4v) is 8.60. The van der Waals surface area contributed by atoms with E-state index >= 15 is 0 Å². The maximum absolute atomic E-state index is 14.2. The Morgan fingerprint density at radius 2 is 0.941 bits per heavy atom. The molecule has 0 fully saturated rings. The van der Waals surface area contributed by atoms with Crippen molar-refractivity contribution in [1.82, 2.24) is 9.97 Å². The molecule has 0 aliphatic heterocycles. The Balaban J connectivity index is 1.91. The van der Waals surface area contributed by atoms with Crippen LogP contribution in [0.1, 0.15) is 0 Å². The van der Waals surface area contributed by atoms with Crippen molar-refractivity contribution < 1.29 is 4.21 Å². The van der Waals surface area contributed by atoms with Gasteiger partial charge >= 0.3 is 0 Å². The Morgan fingerprint density at radius 3 is 1.32 bits per heavy atom. The van der Waals surface area contributed by atoms with Gasteiger partial charge in [0.1, 0.15) is 0 Å². The van der Waals surface area contributed by atoms with Crippen LogP contribution in [0.25, 0.3) is 22.5 Å². The lowest BCUT2D eigenvalue weighted by atomic mass is 10.1. The van der Waals surface area contributed by atoms with E-state index in [0.29, 0.717) is 0 Å². The first-order valence-corrected chi connectivity index (χ1v) is 19.8. The number of pyridine rings is 2. The van der Waals surface area contributed by atoms with E-state index in [1.807, 2.05) is 60.9 Å². The van der Waals surface area contributed by atoms with Crippen LogP contribution in [0.15, 0.2) is 95.0 Å². The first kappa shape index (κ1) is 24.4. The Hall–Kier alpha value is -2.68. The van der Waals surface area contributed by atoms with Gasteiger partial charge in [-0.25, -0.2) is 4.21 Å². The SMILES string of the molecule is C[Si](C)(C)c1cccnc1-c1ccccc1S(=O)c1ccccc1-c1ncccc1[Si](C)(C)C. The van der Waals surface area contributed by atoms with E-state index in [1.165, 1.54) is 10.4 Å². The summed E-state index contributed by atoms with van der Waals surface area (Å²) >= 11 is 0. The highest BCUT2D eigenvalue weighted by Crippen LogP contribution is 2.32. The lowest BCUT2D eigenvalue weighted by Crippen LogP contribution is -2.39. The second-order valence-electron chi connectivity index (χ2n) is 10.6. The molecule has 0 unspecified atom stereocenters. The van der Waals surface area contributed by atoms with Gasteiger partial charge in [-0.15, -0.1) is 0 Å². The predicted molar refractivity (Wildman–Crippen MR) is 150 cm³/mol. The molecule has 4 rings (SSSR count). The van der Waals surface area contributed by atoms with E-state index in [-0.39, 0.29) is 0 Å². The maximum Gasteiger partial charge on any atom is 0.0863 e. The Bertz CT molecular complexity index is 1250. The lowest BCUT2D eigenvalue weighted by molar-refractivity contribution is 0.683. The summed E-state index contributed by atoms with van der Waals surface area (Å²) < 4.78 is 14.2. The molecule has 0 saturated heterocycles. The third-order valence-corrected chi connectivity index (χ3v) is 11.5. The molecule has 4 aromatic rings. The molecular formula is C28H32N2OSSi2. The van der Waals surface area contributed by atoms with Gasteiger partial charge in [-0.05, 0) is 34.6 Å². The van der Waals surface area contributed by atoms with Crippen LogP contribution in [0, 0.1) is 0 Å². The highest BCUT2D eigenvalue weighted by atomic mass is 32.2. The third kappa shape index (κ3) is 4.90. The van der Waals surface area contributed by atoms with E-state index in [9.17, 15) is 4.21 Å². The zero-order valence-corrected chi connectivity index (χ0v) is 23.6. The number of aromatic nitrogens is 2. The molecule has 0 amide bonds. The molecule has 34 heavy (non-hydrogen) atoms. The second-order valence-corrected chi connectivity index (χ2v) is 22.1. The van der Waals surface area contributed by atoms with Crippen molar-refractivity contribution in [3.05, 3.63) is 85.2 Å². The van der Waals surface area contributed by atoms with Crippen molar-refractivity contribution in [3.63, 3.8) is 0 Å². The summed E-state index contributed by atoms with van der Waals surface area (Å²) in [5, 5.41) is 2.55. The van der Waals surface area contributed by atoms with E-state index in [4.69, 9.17) is 9.97 Å². The molecule has 6 heteroatoms. The van der Waals surface area contributed by atoms with Gasteiger partial charge in [0.15, 0.2) is 0 Å². The van der Waals surface area contributed by atoms with Crippen molar-refractivity contribution in [2.75, 3.05) is 0 Å². The Labute approximate surface area is 207 Å². The van der Waals surface area contributed by atoms with Gasteiger partial charge in [0, 0.05) is 23.5 Å². The summed E-state index contributed by atoms with van der Waals surface area (Å²) in [6.45, 7) is 13.9. The number of hydrogen-bond donors (Lipinski definition) is 0. The first-order chi connectivity index (χ1) is 16.1. The van der Waals surface area contributed by atoms with E-state index in [1.54, 1.807) is 0 Å². The molecule has 0 aliphatic carbocycles. The molecule has 2 aromatic carbocycles. The second kappa shape index (κ2) is 9.52.